The number of amides is 1. The topological polar surface area (TPSA) is 60.0 Å². The fourth-order valence-electron chi connectivity index (χ4n) is 3.59. The molecule has 8 heteroatoms. The monoisotopic (exact) mass is 470 g/mol. The van der Waals surface area contributed by atoms with Crippen LogP contribution in [0.15, 0.2) is 72.8 Å². The van der Waals surface area contributed by atoms with E-state index in [1.54, 1.807) is 38.3 Å². The summed E-state index contributed by atoms with van der Waals surface area (Å²) in [4.78, 5) is 14.7. The lowest BCUT2D eigenvalue weighted by Crippen LogP contribution is -2.37. The molecular formula is C26H28F2N2O4. The zero-order valence-electron chi connectivity index (χ0n) is 19.3. The van der Waals surface area contributed by atoms with E-state index in [-0.39, 0.29) is 24.2 Å². The van der Waals surface area contributed by atoms with Gasteiger partial charge in [-0.3, -0.25) is 9.69 Å². The Labute approximate surface area is 198 Å². The molecule has 6 nitrogen and oxygen atoms in total. The second-order valence-corrected chi connectivity index (χ2v) is 7.75. The van der Waals surface area contributed by atoms with Crippen molar-refractivity contribution in [1.29, 1.82) is 0 Å². The molecule has 0 aromatic heterocycles. The van der Waals surface area contributed by atoms with Gasteiger partial charge in [0.1, 0.15) is 17.2 Å². The highest BCUT2D eigenvalue weighted by atomic mass is 19.3. The second-order valence-electron chi connectivity index (χ2n) is 7.75. The van der Waals surface area contributed by atoms with Crippen molar-refractivity contribution in [1.82, 2.24) is 10.2 Å². The number of nitrogens with zero attached hydrogens (tertiary/aromatic N) is 1. The fraction of sp³-hybridized carbons (Fsp3) is 0.269. The molecule has 3 rings (SSSR count). The number of alkyl halides is 2. The molecule has 0 heterocycles. The standard InChI is InChI=1S/C26H28F2N2O4/c1-30(16-18-5-4-6-23(15-18)34-26(27)28)17-24(31)29-25(19-7-11-21(32-2)12-8-19)20-9-13-22(33-3)14-10-20/h4-15,25-26H,16-17H2,1-3H3,(H,29,31). The van der Waals surface area contributed by atoms with Crippen molar-refractivity contribution < 1.29 is 27.8 Å². The first-order valence-corrected chi connectivity index (χ1v) is 10.7. The normalized spacial score (nSPS) is 11.1. The average molecular weight is 471 g/mol. The highest BCUT2D eigenvalue weighted by molar-refractivity contribution is 5.79. The number of methoxy groups -OCH3 is 2. The summed E-state index contributed by atoms with van der Waals surface area (Å²) >= 11 is 0. The summed E-state index contributed by atoms with van der Waals surface area (Å²) in [6, 6.07) is 21.1. The molecule has 0 saturated carbocycles. The quantitative estimate of drug-likeness (QED) is 0.442. The van der Waals surface area contributed by atoms with Crippen molar-refractivity contribution in [3.63, 3.8) is 0 Å². The molecule has 180 valence electrons. The molecule has 0 atom stereocenters. The van der Waals surface area contributed by atoms with Crippen LogP contribution >= 0.6 is 0 Å². The molecule has 34 heavy (non-hydrogen) atoms. The average Bonchev–Trinajstić information content (AvgIpc) is 2.82. The number of hydrogen-bond donors (Lipinski definition) is 1. The summed E-state index contributed by atoms with van der Waals surface area (Å²) in [5.41, 5.74) is 2.56. The van der Waals surface area contributed by atoms with Gasteiger partial charge in [-0.1, -0.05) is 36.4 Å². The lowest BCUT2D eigenvalue weighted by Gasteiger charge is -2.23. The maximum atomic E-state index is 12.9. The highest BCUT2D eigenvalue weighted by Crippen LogP contribution is 2.26. The van der Waals surface area contributed by atoms with Gasteiger partial charge >= 0.3 is 6.61 Å². The molecule has 0 unspecified atom stereocenters. The van der Waals surface area contributed by atoms with Gasteiger partial charge in [-0.15, -0.1) is 0 Å². The highest BCUT2D eigenvalue weighted by Gasteiger charge is 2.18. The van der Waals surface area contributed by atoms with E-state index in [2.05, 4.69) is 10.1 Å². The fourth-order valence-corrected chi connectivity index (χ4v) is 3.59. The lowest BCUT2D eigenvalue weighted by atomic mass is 9.98. The Morgan fingerprint density at radius 3 is 1.94 bits per heavy atom. The molecule has 0 saturated heterocycles. The van der Waals surface area contributed by atoms with Gasteiger partial charge in [0.25, 0.3) is 0 Å². The number of carbonyl (C=O) groups excluding carboxylic acids is 1. The Kier molecular flexibility index (Phi) is 8.81. The predicted octanol–water partition coefficient (Wildman–Crippen LogP) is 4.64. The Balaban J connectivity index is 1.70. The summed E-state index contributed by atoms with van der Waals surface area (Å²) in [7, 11) is 4.99. The van der Waals surface area contributed by atoms with Gasteiger partial charge in [0.05, 0.1) is 26.8 Å². The van der Waals surface area contributed by atoms with Gasteiger partial charge in [0.15, 0.2) is 0 Å². The summed E-state index contributed by atoms with van der Waals surface area (Å²) in [6.45, 7) is -2.38. The SMILES string of the molecule is COc1ccc(C(NC(=O)CN(C)Cc2cccc(OC(F)F)c2)c2ccc(OC)cc2)cc1. The van der Waals surface area contributed by atoms with E-state index in [0.29, 0.717) is 6.54 Å². The molecule has 0 aliphatic carbocycles. The predicted molar refractivity (Wildman–Crippen MR) is 125 cm³/mol. The maximum absolute atomic E-state index is 12.9. The number of benzene rings is 3. The van der Waals surface area contributed by atoms with Crippen LogP contribution in [-0.4, -0.2) is 45.2 Å². The Hall–Kier alpha value is -3.65. The lowest BCUT2D eigenvalue weighted by molar-refractivity contribution is -0.122. The van der Waals surface area contributed by atoms with E-state index in [4.69, 9.17) is 9.47 Å². The second kappa shape index (κ2) is 12.0. The Morgan fingerprint density at radius 1 is 0.882 bits per heavy atom. The van der Waals surface area contributed by atoms with Crippen molar-refractivity contribution in [2.45, 2.75) is 19.2 Å². The Morgan fingerprint density at radius 2 is 1.44 bits per heavy atom. The molecule has 0 spiro atoms. The van der Waals surface area contributed by atoms with Crippen LogP contribution in [0.2, 0.25) is 0 Å². The number of likely N-dealkylation sites (N-methyl/N-ethyl adjacent to an activating group) is 1. The van der Waals surface area contributed by atoms with Crippen molar-refractivity contribution in [3.8, 4) is 17.2 Å². The minimum Gasteiger partial charge on any atom is -0.497 e. The van der Waals surface area contributed by atoms with Crippen LogP contribution in [0.25, 0.3) is 0 Å². The third-order valence-corrected chi connectivity index (χ3v) is 5.19. The minimum atomic E-state index is -2.88. The molecular weight excluding hydrogens is 442 g/mol. The third kappa shape index (κ3) is 7.18. The number of halogens is 2. The van der Waals surface area contributed by atoms with Gasteiger partial charge in [-0.05, 0) is 60.1 Å². The summed E-state index contributed by atoms with van der Waals surface area (Å²) < 4.78 is 39.9. The minimum absolute atomic E-state index is 0.0874. The molecule has 0 aliphatic rings. The Bertz CT molecular complexity index is 1010. The van der Waals surface area contributed by atoms with E-state index < -0.39 is 6.61 Å². The molecule has 1 N–H and O–H groups in total. The van der Waals surface area contributed by atoms with E-state index in [1.807, 2.05) is 48.5 Å². The zero-order valence-corrected chi connectivity index (χ0v) is 19.3. The molecule has 3 aromatic carbocycles. The number of nitrogens with one attached hydrogen (secondary N) is 1. The van der Waals surface area contributed by atoms with Crippen molar-refractivity contribution in [2.24, 2.45) is 0 Å². The van der Waals surface area contributed by atoms with Gasteiger partial charge in [-0.2, -0.15) is 8.78 Å². The summed E-state index contributed by atoms with van der Waals surface area (Å²) in [5, 5.41) is 3.09. The first-order chi connectivity index (χ1) is 16.4. The molecule has 0 aliphatic heterocycles. The number of ether oxygens (including phenoxy) is 3. The molecule has 3 aromatic rings. The molecule has 0 radical (unpaired) electrons. The van der Waals surface area contributed by atoms with Gasteiger partial charge in [0, 0.05) is 6.54 Å². The third-order valence-electron chi connectivity index (χ3n) is 5.19. The number of rotatable bonds is 11. The van der Waals surface area contributed by atoms with Crippen LogP contribution in [0, 0.1) is 0 Å². The van der Waals surface area contributed by atoms with Crippen LogP contribution < -0.4 is 19.5 Å². The van der Waals surface area contributed by atoms with Crippen molar-refractivity contribution in [3.05, 3.63) is 89.5 Å². The van der Waals surface area contributed by atoms with Crippen LogP contribution in [0.3, 0.4) is 0 Å². The zero-order chi connectivity index (χ0) is 24.5. The van der Waals surface area contributed by atoms with E-state index in [1.165, 1.54) is 12.1 Å². The van der Waals surface area contributed by atoms with E-state index in [0.717, 1.165) is 28.2 Å². The number of carbonyl (C=O) groups is 1. The van der Waals surface area contributed by atoms with Gasteiger partial charge in [-0.25, -0.2) is 0 Å². The first-order valence-electron chi connectivity index (χ1n) is 10.7. The smallest absolute Gasteiger partial charge is 0.387 e. The molecule has 0 bridgehead atoms. The summed E-state index contributed by atoms with van der Waals surface area (Å²) in [6.07, 6.45) is 0. The molecule has 1 amide bonds. The van der Waals surface area contributed by atoms with Gasteiger partial charge in [0.2, 0.25) is 5.91 Å². The number of hydrogen-bond acceptors (Lipinski definition) is 5. The maximum Gasteiger partial charge on any atom is 0.387 e. The molecule has 0 fully saturated rings. The summed E-state index contributed by atoms with van der Waals surface area (Å²) in [5.74, 6) is 1.35. The first kappa shape index (κ1) is 25.0. The van der Waals surface area contributed by atoms with Crippen molar-refractivity contribution in [2.75, 3.05) is 27.8 Å². The van der Waals surface area contributed by atoms with Gasteiger partial charge < -0.3 is 19.5 Å². The van der Waals surface area contributed by atoms with Crippen molar-refractivity contribution >= 4 is 5.91 Å². The van der Waals surface area contributed by atoms with E-state index in [9.17, 15) is 13.6 Å². The van der Waals surface area contributed by atoms with Crippen LogP contribution in [0.4, 0.5) is 8.78 Å². The van der Waals surface area contributed by atoms with Crippen LogP contribution in [0.1, 0.15) is 22.7 Å². The van der Waals surface area contributed by atoms with E-state index >= 15 is 0 Å². The van der Waals surface area contributed by atoms with Crippen LogP contribution in [0.5, 0.6) is 17.2 Å². The largest absolute Gasteiger partial charge is 0.497 e. The van der Waals surface area contributed by atoms with Crippen LogP contribution in [-0.2, 0) is 11.3 Å².